The number of rotatable bonds is 8. The number of hydrogen-bond donors (Lipinski definition) is 2. The molecule has 0 unspecified atom stereocenters. The second-order valence-corrected chi connectivity index (χ2v) is 6.72. The molecule has 0 aliphatic heterocycles. The molecular weight excluding hydrogens is 308 g/mol. The molecule has 1 spiro atoms. The van der Waals surface area contributed by atoms with E-state index in [0.29, 0.717) is 31.3 Å². The monoisotopic (exact) mass is 334 g/mol. The van der Waals surface area contributed by atoms with Crippen LogP contribution in [0.15, 0.2) is 22.8 Å². The lowest BCUT2D eigenvalue weighted by Gasteiger charge is -2.61. The summed E-state index contributed by atoms with van der Waals surface area (Å²) in [4.78, 5) is 23.8. The van der Waals surface area contributed by atoms with Gasteiger partial charge >= 0.3 is 0 Å². The van der Waals surface area contributed by atoms with Gasteiger partial charge in [0.1, 0.15) is 0 Å². The highest BCUT2D eigenvalue weighted by Gasteiger charge is 2.59. The maximum atomic E-state index is 12.1. The summed E-state index contributed by atoms with van der Waals surface area (Å²) in [6.45, 7) is 3.22. The largest absolute Gasteiger partial charge is 0.459 e. The Bertz CT molecular complexity index is 566. The molecule has 6 nitrogen and oxygen atoms in total. The fourth-order valence-corrected chi connectivity index (χ4v) is 3.85. The lowest BCUT2D eigenvalue weighted by Crippen LogP contribution is -2.67. The summed E-state index contributed by atoms with van der Waals surface area (Å²) in [5, 5.41) is 5.91. The van der Waals surface area contributed by atoms with Crippen LogP contribution >= 0.6 is 0 Å². The molecule has 1 heterocycles. The van der Waals surface area contributed by atoms with E-state index < -0.39 is 0 Å². The number of amides is 2. The highest BCUT2D eigenvalue weighted by molar-refractivity contribution is 5.91. The first kappa shape index (κ1) is 17.0. The third-order valence-corrected chi connectivity index (χ3v) is 5.38. The molecule has 2 aliphatic rings. The highest BCUT2D eigenvalue weighted by Crippen LogP contribution is 2.57. The van der Waals surface area contributed by atoms with Crippen molar-refractivity contribution in [2.24, 2.45) is 5.41 Å². The first-order valence-corrected chi connectivity index (χ1v) is 8.88. The van der Waals surface area contributed by atoms with E-state index in [1.54, 1.807) is 12.1 Å². The lowest BCUT2D eigenvalue weighted by atomic mass is 9.51. The van der Waals surface area contributed by atoms with Crippen molar-refractivity contribution in [1.29, 1.82) is 0 Å². The zero-order valence-electron chi connectivity index (χ0n) is 14.2. The van der Waals surface area contributed by atoms with Crippen LogP contribution in [-0.2, 0) is 9.53 Å². The Morgan fingerprint density at radius 1 is 1.42 bits per heavy atom. The molecule has 24 heavy (non-hydrogen) atoms. The predicted octanol–water partition coefficient (Wildman–Crippen LogP) is 2.25. The van der Waals surface area contributed by atoms with Crippen LogP contribution < -0.4 is 10.6 Å². The van der Waals surface area contributed by atoms with Crippen LogP contribution in [0.3, 0.4) is 0 Å². The number of furan rings is 1. The van der Waals surface area contributed by atoms with Crippen molar-refractivity contribution in [1.82, 2.24) is 10.6 Å². The van der Waals surface area contributed by atoms with Gasteiger partial charge in [0.25, 0.3) is 5.91 Å². The van der Waals surface area contributed by atoms with Crippen LogP contribution in [0.2, 0.25) is 0 Å². The van der Waals surface area contributed by atoms with E-state index in [1.807, 2.05) is 6.92 Å². The van der Waals surface area contributed by atoms with E-state index in [1.165, 1.54) is 12.7 Å². The van der Waals surface area contributed by atoms with Gasteiger partial charge < -0.3 is 19.8 Å². The van der Waals surface area contributed by atoms with Gasteiger partial charge in [-0.15, -0.1) is 0 Å². The van der Waals surface area contributed by atoms with E-state index in [4.69, 9.17) is 9.15 Å². The van der Waals surface area contributed by atoms with Gasteiger partial charge in [-0.1, -0.05) is 6.42 Å². The number of ether oxygens (including phenoxy) is 1. The summed E-state index contributed by atoms with van der Waals surface area (Å²) in [6, 6.07) is 3.55. The number of nitrogens with one attached hydrogen (secondary N) is 2. The zero-order chi connectivity index (χ0) is 17.0. The molecule has 2 aliphatic carbocycles. The average Bonchev–Trinajstić information content (AvgIpc) is 3.03. The van der Waals surface area contributed by atoms with E-state index >= 15 is 0 Å². The van der Waals surface area contributed by atoms with Gasteiger partial charge in [-0.3, -0.25) is 9.59 Å². The van der Waals surface area contributed by atoms with Gasteiger partial charge in [-0.05, 0) is 44.7 Å². The van der Waals surface area contributed by atoms with E-state index in [-0.39, 0.29) is 23.3 Å². The normalized spacial score (nSPS) is 24.0. The second kappa shape index (κ2) is 7.38. The van der Waals surface area contributed by atoms with Crippen molar-refractivity contribution in [3.05, 3.63) is 24.2 Å². The molecule has 2 amide bonds. The van der Waals surface area contributed by atoms with Crippen LogP contribution in [0, 0.1) is 5.41 Å². The van der Waals surface area contributed by atoms with Crippen LogP contribution in [0.1, 0.15) is 56.0 Å². The molecule has 0 saturated heterocycles. The van der Waals surface area contributed by atoms with Gasteiger partial charge in [-0.25, -0.2) is 0 Å². The molecule has 2 N–H and O–H groups in total. The molecule has 2 atom stereocenters. The quantitative estimate of drug-likeness (QED) is 0.715. The number of hydrogen-bond acceptors (Lipinski definition) is 4. The number of carbonyl (C=O) groups is 2. The van der Waals surface area contributed by atoms with E-state index in [2.05, 4.69) is 10.6 Å². The molecular formula is C18H26N2O4. The molecule has 1 aromatic heterocycles. The Labute approximate surface area is 142 Å². The van der Waals surface area contributed by atoms with Gasteiger partial charge in [-0.2, -0.15) is 0 Å². The molecule has 3 rings (SSSR count). The smallest absolute Gasteiger partial charge is 0.286 e. The van der Waals surface area contributed by atoms with Crippen molar-refractivity contribution in [3.8, 4) is 0 Å². The van der Waals surface area contributed by atoms with Crippen molar-refractivity contribution >= 4 is 11.8 Å². The maximum Gasteiger partial charge on any atom is 0.286 e. The van der Waals surface area contributed by atoms with Crippen molar-refractivity contribution in [3.63, 3.8) is 0 Å². The fourth-order valence-electron chi connectivity index (χ4n) is 3.85. The van der Waals surface area contributed by atoms with Gasteiger partial charge in [0.05, 0.1) is 12.4 Å². The Kier molecular flexibility index (Phi) is 5.23. The molecule has 0 aromatic carbocycles. The lowest BCUT2D eigenvalue weighted by molar-refractivity contribution is -0.175. The van der Waals surface area contributed by atoms with Crippen molar-refractivity contribution in [2.75, 3.05) is 13.2 Å². The van der Waals surface area contributed by atoms with Crippen LogP contribution in [0.4, 0.5) is 0 Å². The molecule has 2 saturated carbocycles. The summed E-state index contributed by atoms with van der Waals surface area (Å²) in [7, 11) is 0. The third-order valence-electron chi connectivity index (χ3n) is 5.38. The first-order chi connectivity index (χ1) is 11.7. The number of carbonyl (C=O) groups excluding carboxylic acids is 2. The van der Waals surface area contributed by atoms with Gasteiger partial charge in [0.2, 0.25) is 5.91 Å². The Morgan fingerprint density at radius 2 is 2.25 bits per heavy atom. The minimum absolute atomic E-state index is 0.0634. The third kappa shape index (κ3) is 3.34. The molecule has 0 bridgehead atoms. The van der Waals surface area contributed by atoms with E-state index in [9.17, 15) is 9.59 Å². The topological polar surface area (TPSA) is 80.6 Å². The summed E-state index contributed by atoms with van der Waals surface area (Å²) >= 11 is 0. The van der Waals surface area contributed by atoms with E-state index in [0.717, 1.165) is 25.9 Å². The van der Waals surface area contributed by atoms with Gasteiger partial charge in [0.15, 0.2) is 5.76 Å². The van der Waals surface area contributed by atoms with Crippen molar-refractivity contribution in [2.45, 2.75) is 57.6 Å². The Hall–Kier alpha value is -1.82. The second-order valence-electron chi connectivity index (χ2n) is 6.72. The molecule has 6 heteroatoms. The molecule has 132 valence electrons. The van der Waals surface area contributed by atoms with Crippen LogP contribution in [-0.4, -0.2) is 37.1 Å². The first-order valence-electron chi connectivity index (χ1n) is 8.88. The zero-order valence-corrected chi connectivity index (χ0v) is 14.2. The predicted molar refractivity (Wildman–Crippen MR) is 88.5 cm³/mol. The molecule has 1 aromatic rings. The SMILES string of the molecule is CCO[C@@H]1C[C@@H](NC(=O)CCCNC(=O)c2ccco2)C12CCC2. The summed E-state index contributed by atoms with van der Waals surface area (Å²) < 4.78 is 10.8. The summed E-state index contributed by atoms with van der Waals surface area (Å²) in [5.41, 5.74) is 0.194. The van der Waals surface area contributed by atoms with Gasteiger partial charge in [0, 0.05) is 31.0 Å². The summed E-state index contributed by atoms with van der Waals surface area (Å²) in [6.07, 6.45) is 7.28. The Morgan fingerprint density at radius 3 is 2.88 bits per heavy atom. The minimum Gasteiger partial charge on any atom is -0.459 e. The Balaban J connectivity index is 1.34. The van der Waals surface area contributed by atoms with Crippen molar-refractivity contribution < 1.29 is 18.7 Å². The highest BCUT2D eigenvalue weighted by atomic mass is 16.5. The molecule has 2 fully saturated rings. The average molecular weight is 334 g/mol. The maximum absolute atomic E-state index is 12.1. The molecule has 0 radical (unpaired) electrons. The van der Waals surface area contributed by atoms with Crippen LogP contribution in [0.25, 0.3) is 0 Å². The summed E-state index contributed by atoms with van der Waals surface area (Å²) in [5.74, 6) is 0.114. The standard InChI is InChI=1S/C18H26N2O4/c1-2-23-15-12-14(18(15)8-5-9-18)20-16(21)7-3-10-19-17(22)13-6-4-11-24-13/h4,6,11,14-15H,2-3,5,7-10,12H2,1H3,(H,19,22)(H,20,21)/t14-,15-/m1/s1. The fraction of sp³-hybridized carbons (Fsp3) is 0.667. The van der Waals surface area contributed by atoms with Crippen LogP contribution in [0.5, 0.6) is 0 Å². The minimum atomic E-state index is -0.243.